The topological polar surface area (TPSA) is 98.1 Å². The Hall–Kier alpha value is -1.69. The van der Waals surface area contributed by atoms with Gasteiger partial charge in [-0.2, -0.15) is 0 Å². The number of piperidine rings is 1. The summed E-state index contributed by atoms with van der Waals surface area (Å²) in [4.78, 5) is 13.1. The third-order valence-corrected chi connectivity index (χ3v) is 3.69. The van der Waals surface area contributed by atoms with E-state index in [9.17, 15) is 4.79 Å². The molecule has 1 amide bonds. The van der Waals surface area contributed by atoms with Crippen LogP contribution in [0.5, 0.6) is 0 Å². The molecule has 1 saturated heterocycles. The van der Waals surface area contributed by atoms with E-state index in [1.807, 2.05) is 0 Å². The number of nitrogens with two attached hydrogens (primary N) is 2. The summed E-state index contributed by atoms with van der Waals surface area (Å²) in [5.74, 6) is 0.238. The van der Waals surface area contributed by atoms with Gasteiger partial charge in [0.1, 0.15) is 0 Å². The summed E-state index contributed by atoms with van der Waals surface area (Å²) in [6.07, 6.45) is 2.09. The van der Waals surface area contributed by atoms with Gasteiger partial charge in [-0.3, -0.25) is 4.79 Å². The Bertz CT molecular complexity index is 423. The maximum atomic E-state index is 10.9. The van der Waals surface area contributed by atoms with Crippen molar-refractivity contribution in [3.8, 4) is 0 Å². The van der Waals surface area contributed by atoms with Gasteiger partial charge in [-0.1, -0.05) is 6.92 Å². The van der Waals surface area contributed by atoms with Crippen molar-refractivity contribution in [1.82, 2.24) is 10.2 Å². The molecule has 0 saturated carbocycles. The van der Waals surface area contributed by atoms with Crippen LogP contribution in [0.2, 0.25) is 0 Å². The number of nitrogens with zero attached hydrogens (tertiary/aromatic N) is 3. The van der Waals surface area contributed by atoms with Gasteiger partial charge in [0, 0.05) is 13.1 Å². The van der Waals surface area contributed by atoms with Crippen LogP contribution in [0.15, 0.2) is 12.1 Å². The van der Waals surface area contributed by atoms with Crippen LogP contribution >= 0.6 is 0 Å². The molecule has 0 aliphatic carbocycles. The molecule has 1 aliphatic heterocycles. The molecule has 1 fully saturated rings. The van der Waals surface area contributed by atoms with Gasteiger partial charge >= 0.3 is 0 Å². The minimum Gasteiger partial charge on any atom is -0.364 e. The third kappa shape index (κ3) is 2.59. The maximum Gasteiger partial charge on any atom is 0.269 e. The predicted octanol–water partition coefficient (Wildman–Crippen LogP) is 0.141. The maximum absolute atomic E-state index is 10.9. The molecule has 0 bridgehead atoms. The van der Waals surface area contributed by atoms with Crippen molar-refractivity contribution in [3.05, 3.63) is 17.8 Å². The summed E-state index contributed by atoms with van der Waals surface area (Å²) in [5.41, 5.74) is 11.3. The van der Waals surface area contributed by atoms with E-state index in [4.69, 9.17) is 11.5 Å². The first-order chi connectivity index (χ1) is 8.54. The lowest BCUT2D eigenvalue weighted by molar-refractivity contribution is 0.0994. The van der Waals surface area contributed by atoms with Crippen molar-refractivity contribution in [2.45, 2.75) is 19.8 Å². The highest BCUT2D eigenvalue weighted by atomic mass is 16.1. The molecular weight excluding hydrogens is 230 g/mol. The number of primary amides is 1. The molecule has 2 rings (SSSR count). The van der Waals surface area contributed by atoms with E-state index in [1.54, 1.807) is 12.1 Å². The number of carbonyl (C=O) groups excluding carboxylic acids is 1. The van der Waals surface area contributed by atoms with Gasteiger partial charge in [-0.15, -0.1) is 10.2 Å². The van der Waals surface area contributed by atoms with Gasteiger partial charge in [0.2, 0.25) is 0 Å². The van der Waals surface area contributed by atoms with Crippen LogP contribution in [-0.2, 0) is 0 Å². The monoisotopic (exact) mass is 249 g/mol. The molecule has 6 heteroatoms. The molecule has 0 radical (unpaired) electrons. The molecule has 1 aromatic rings. The molecule has 2 heterocycles. The molecule has 1 aromatic heterocycles. The van der Waals surface area contributed by atoms with Crippen molar-refractivity contribution < 1.29 is 4.79 Å². The summed E-state index contributed by atoms with van der Waals surface area (Å²) in [5, 5.41) is 7.86. The number of anilines is 1. The number of aromatic nitrogens is 2. The van der Waals surface area contributed by atoms with E-state index in [-0.39, 0.29) is 11.1 Å². The quantitative estimate of drug-likeness (QED) is 0.794. The van der Waals surface area contributed by atoms with Crippen LogP contribution in [0.1, 0.15) is 30.3 Å². The van der Waals surface area contributed by atoms with Crippen LogP contribution in [0.4, 0.5) is 5.82 Å². The fourth-order valence-electron chi connectivity index (χ4n) is 2.11. The second-order valence-electron chi connectivity index (χ2n) is 5.14. The van der Waals surface area contributed by atoms with E-state index < -0.39 is 5.91 Å². The lowest BCUT2D eigenvalue weighted by Crippen LogP contribution is -2.42. The van der Waals surface area contributed by atoms with Crippen LogP contribution < -0.4 is 16.4 Å². The Morgan fingerprint density at radius 3 is 2.50 bits per heavy atom. The largest absolute Gasteiger partial charge is 0.364 e. The molecule has 98 valence electrons. The SMILES string of the molecule is CC1(CN)CCN(c2ccc(C(N)=O)nn2)CC1. The van der Waals surface area contributed by atoms with Gasteiger partial charge in [-0.25, -0.2) is 0 Å². The second-order valence-corrected chi connectivity index (χ2v) is 5.14. The standard InChI is InChI=1S/C12H19N5O/c1-12(8-13)4-6-17(7-5-12)10-3-2-9(11(14)18)15-16-10/h2-3H,4-8,13H2,1H3,(H2,14,18). The van der Waals surface area contributed by atoms with Crippen molar-refractivity contribution in [2.75, 3.05) is 24.5 Å². The van der Waals surface area contributed by atoms with E-state index in [0.717, 1.165) is 31.7 Å². The summed E-state index contributed by atoms with van der Waals surface area (Å²) in [6, 6.07) is 3.40. The Balaban J connectivity index is 2.03. The zero-order valence-corrected chi connectivity index (χ0v) is 10.6. The molecule has 0 atom stereocenters. The Kier molecular flexibility index (Phi) is 3.47. The normalized spacial score (nSPS) is 18.7. The van der Waals surface area contributed by atoms with E-state index in [0.29, 0.717) is 6.54 Å². The Morgan fingerprint density at radius 1 is 1.39 bits per heavy atom. The van der Waals surface area contributed by atoms with E-state index in [1.165, 1.54) is 0 Å². The zero-order valence-electron chi connectivity index (χ0n) is 10.6. The number of hydrogen-bond donors (Lipinski definition) is 2. The summed E-state index contributed by atoms with van der Waals surface area (Å²) >= 11 is 0. The van der Waals surface area contributed by atoms with Crippen molar-refractivity contribution in [1.29, 1.82) is 0 Å². The van der Waals surface area contributed by atoms with Gasteiger partial charge in [0.25, 0.3) is 5.91 Å². The lowest BCUT2D eigenvalue weighted by Gasteiger charge is -2.39. The number of rotatable bonds is 3. The van der Waals surface area contributed by atoms with Crippen LogP contribution in [0.25, 0.3) is 0 Å². The van der Waals surface area contributed by atoms with E-state index >= 15 is 0 Å². The molecule has 0 spiro atoms. The zero-order chi connectivity index (χ0) is 13.2. The van der Waals surface area contributed by atoms with Gasteiger partial charge in [-0.05, 0) is 36.9 Å². The fourth-order valence-corrected chi connectivity index (χ4v) is 2.11. The Labute approximate surface area is 106 Å². The molecule has 4 N–H and O–H groups in total. The smallest absolute Gasteiger partial charge is 0.269 e. The fraction of sp³-hybridized carbons (Fsp3) is 0.583. The number of carbonyl (C=O) groups is 1. The second kappa shape index (κ2) is 4.89. The Morgan fingerprint density at radius 2 is 2.06 bits per heavy atom. The minimum absolute atomic E-state index is 0.197. The van der Waals surface area contributed by atoms with Crippen LogP contribution in [0, 0.1) is 5.41 Å². The average molecular weight is 249 g/mol. The first-order valence-corrected chi connectivity index (χ1v) is 6.13. The highest BCUT2D eigenvalue weighted by molar-refractivity contribution is 5.90. The molecule has 18 heavy (non-hydrogen) atoms. The highest BCUT2D eigenvalue weighted by Crippen LogP contribution is 2.30. The molecule has 1 aliphatic rings. The average Bonchev–Trinajstić information content (AvgIpc) is 2.40. The summed E-state index contributed by atoms with van der Waals surface area (Å²) < 4.78 is 0. The number of hydrogen-bond acceptors (Lipinski definition) is 5. The molecule has 6 nitrogen and oxygen atoms in total. The lowest BCUT2D eigenvalue weighted by atomic mass is 9.80. The summed E-state index contributed by atoms with van der Waals surface area (Å²) in [7, 11) is 0. The van der Waals surface area contributed by atoms with Gasteiger partial charge in [0.05, 0.1) is 0 Å². The van der Waals surface area contributed by atoms with Crippen molar-refractivity contribution in [3.63, 3.8) is 0 Å². The van der Waals surface area contributed by atoms with Crippen molar-refractivity contribution >= 4 is 11.7 Å². The highest BCUT2D eigenvalue weighted by Gasteiger charge is 2.29. The molecule has 0 aromatic carbocycles. The van der Waals surface area contributed by atoms with Crippen LogP contribution in [-0.4, -0.2) is 35.7 Å². The van der Waals surface area contributed by atoms with Crippen LogP contribution in [0.3, 0.4) is 0 Å². The van der Waals surface area contributed by atoms with Gasteiger partial charge in [0.15, 0.2) is 11.5 Å². The van der Waals surface area contributed by atoms with Gasteiger partial charge < -0.3 is 16.4 Å². The van der Waals surface area contributed by atoms with Crippen molar-refractivity contribution in [2.24, 2.45) is 16.9 Å². The first-order valence-electron chi connectivity index (χ1n) is 6.13. The third-order valence-electron chi connectivity index (χ3n) is 3.69. The minimum atomic E-state index is -0.552. The first kappa shape index (κ1) is 12.8. The summed E-state index contributed by atoms with van der Waals surface area (Å²) in [6.45, 7) is 4.76. The number of amides is 1. The predicted molar refractivity (Wildman–Crippen MR) is 69.2 cm³/mol. The molecular formula is C12H19N5O. The molecule has 0 unspecified atom stereocenters. The van der Waals surface area contributed by atoms with E-state index in [2.05, 4.69) is 22.0 Å².